The van der Waals surface area contributed by atoms with Crippen molar-refractivity contribution in [1.82, 2.24) is 4.90 Å². The molecular weight excluding hydrogens is 346 g/mol. The zero-order valence-electron chi connectivity index (χ0n) is 14.5. The third-order valence-corrected chi connectivity index (χ3v) is 5.91. The summed E-state index contributed by atoms with van der Waals surface area (Å²) >= 11 is 7.72. The van der Waals surface area contributed by atoms with Gasteiger partial charge < -0.3 is 14.8 Å². The van der Waals surface area contributed by atoms with Crippen LogP contribution in [0.4, 0.5) is 4.79 Å². The van der Waals surface area contributed by atoms with E-state index in [1.807, 2.05) is 24.3 Å². The number of nitrogens with zero attached hydrogens (tertiary/aromatic N) is 1. The molecule has 0 aliphatic heterocycles. The molecule has 6 heteroatoms. The van der Waals surface area contributed by atoms with E-state index in [0.29, 0.717) is 30.3 Å². The molecule has 1 rings (SSSR count). The van der Waals surface area contributed by atoms with E-state index in [9.17, 15) is 14.7 Å². The largest absolute Gasteiger partial charge is 0.465 e. The van der Waals surface area contributed by atoms with Crippen LogP contribution in [0.3, 0.4) is 0 Å². The number of hydrogen-bond donors (Lipinski definition) is 1. The highest BCUT2D eigenvalue weighted by Gasteiger charge is 2.26. The summed E-state index contributed by atoms with van der Waals surface area (Å²) in [6, 6.07) is 7.49. The molecule has 1 aromatic carbocycles. The topological polar surface area (TPSA) is 57.6 Å². The van der Waals surface area contributed by atoms with Crippen LogP contribution in [0.25, 0.3) is 0 Å². The van der Waals surface area contributed by atoms with Crippen LogP contribution >= 0.6 is 23.4 Å². The Morgan fingerprint density at radius 2 is 2.00 bits per heavy atom. The highest BCUT2D eigenvalue weighted by Crippen LogP contribution is 2.32. The third-order valence-electron chi connectivity index (χ3n) is 3.87. The molecule has 0 heterocycles. The van der Waals surface area contributed by atoms with Crippen molar-refractivity contribution in [2.45, 2.75) is 38.9 Å². The molecule has 1 N–H and O–H groups in total. The number of benzene rings is 1. The molecule has 0 aliphatic rings. The van der Waals surface area contributed by atoms with E-state index in [0.717, 1.165) is 18.3 Å². The number of aldehydes is 1. The van der Waals surface area contributed by atoms with Crippen LogP contribution in [-0.4, -0.2) is 46.5 Å². The van der Waals surface area contributed by atoms with Crippen molar-refractivity contribution in [3.05, 3.63) is 34.9 Å². The average Bonchev–Trinajstić information content (AvgIpc) is 2.50. The van der Waals surface area contributed by atoms with Crippen molar-refractivity contribution in [2.75, 3.05) is 18.8 Å². The maximum Gasteiger partial charge on any atom is 0.407 e. The lowest BCUT2D eigenvalue weighted by Gasteiger charge is -2.31. The zero-order chi connectivity index (χ0) is 18.2. The van der Waals surface area contributed by atoms with E-state index >= 15 is 0 Å². The Morgan fingerprint density at radius 1 is 1.33 bits per heavy atom. The Balaban J connectivity index is 2.63. The minimum Gasteiger partial charge on any atom is -0.465 e. The second kappa shape index (κ2) is 9.94. The van der Waals surface area contributed by atoms with Crippen LogP contribution in [0, 0.1) is 5.41 Å². The van der Waals surface area contributed by atoms with Gasteiger partial charge in [0.2, 0.25) is 0 Å². The summed E-state index contributed by atoms with van der Waals surface area (Å²) in [4.78, 5) is 23.6. The molecule has 0 fully saturated rings. The minimum absolute atomic E-state index is 0.0145. The predicted molar refractivity (Wildman–Crippen MR) is 101 cm³/mol. The lowest BCUT2D eigenvalue weighted by atomic mass is 9.89. The second-order valence-electron chi connectivity index (χ2n) is 6.75. The average molecular weight is 372 g/mol. The van der Waals surface area contributed by atoms with Crippen molar-refractivity contribution in [1.29, 1.82) is 0 Å². The molecular formula is C18H26ClNO3S. The summed E-state index contributed by atoms with van der Waals surface area (Å²) in [5.74, 6) is 0.439. The van der Waals surface area contributed by atoms with Gasteiger partial charge in [-0.25, -0.2) is 4.79 Å². The quantitative estimate of drug-likeness (QED) is 0.644. The standard InChI is InChI=1S/C18H26ClNO3S/c1-18(2,3)16(24-13-12-21)9-11-20(17(22)23)10-8-14-6-4-5-7-15(14)19/h4-7,12,16H,8-11,13H2,1-3H3,(H,22,23). The number of hydrogen-bond acceptors (Lipinski definition) is 3. The van der Waals surface area contributed by atoms with Gasteiger partial charge >= 0.3 is 6.09 Å². The SMILES string of the molecule is CC(C)(C)C(CCN(CCc1ccccc1Cl)C(=O)O)SCC=O. The fourth-order valence-corrected chi connectivity index (χ4v) is 3.77. The fraction of sp³-hybridized carbons (Fsp3) is 0.556. The van der Waals surface area contributed by atoms with E-state index in [4.69, 9.17) is 11.6 Å². The molecule has 134 valence electrons. The first kappa shape index (κ1) is 20.8. The highest BCUT2D eigenvalue weighted by atomic mass is 35.5. The van der Waals surface area contributed by atoms with E-state index in [1.54, 1.807) is 11.8 Å². The van der Waals surface area contributed by atoms with E-state index in [-0.39, 0.29) is 10.7 Å². The monoisotopic (exact) mass is 371 g/mol. The van der Waals surface area contributed by atoms with Crippen molar-refractivity contribution in [3.8, 4) is 0 Å². The van der Waals surface area contributed by atoms with Crippen molar-refractivity contribution in [3.63, 3.8) is 0 Å². The van der Waals surface area contributed by atoms with Crippen LogP contribution in [0.2, 0.25) is 5.02 Å². The Labute approximate surface area is 153 Å². The van der Waals surface area contributed by atoms with Crippen LogP contribution in [-0.2, 0) is 11.2 Å². The molecule has 0 saturated carbocycles. The van der Waals surface area contributed by atoms with Crippen LogP contribution in [0.15, 0.2) is 24.3 Å². The van der Waals surface area contributed by atoms with Gasteiger partial charge in [-0.1, -0.05) is 50.6 Å². The van der Waals surface area contributed by atoms with E-state index in [2.05, 4.69) is 20.8 Å². The zero-order valence-corrected chi connectivity index (χ0v) is 16.1. The minimum atomic E-state index is -0.921. The van der Waals surface area contributed by atoms with Gasteiger partial charge in [-0.2, -0.15) is 11.8 Å². The Kier molecular flexibility index (Phi) is 8.63. The second-order valence-corrected chi connectivity index (χ2v) is 8.40. The van der Waals surface area contributed by atoms with Crippen molar-refractivity contribution >= 4 is 35.7 Å². The van der Waals surface area contributed by atoms with Crippen LogP contribution < -0.4 is 0 Å². The molecule has 0 aliphatic carbocycles. The predicted octanol–water partition coefficient (Wildman–Crippen LogP) is 4.60. The fourth-order valence-electron chi connectivity index (χ4n) is 2.45. The number of thioether (sulfide) groups is 1. The summed E-state index contributed by atoms with van der Waals surface area (Å²) in [5, 5.41) is 10.3. The van der Waals surface area contributed by atoms with Crippen LogP contribution in [0.5, 0.6) is 0 Å². The Bertz CT molecular complexity index is 545. The van der Waals surface area contributed by atoms with Crippen molar-refractivity contribution in [2.24, 2.45) is 5.41 Å². The summed E-state index contributed by atoms with van der Waals surface area (Å²) in [6.07, 6.45) is 1.29. The number of rotatable bonds is 9. The molecule has 1 aromatic rings. The van der Waals surface area contributed by atoms with Gasteiger partial charge in [-0.05, 0) is 29.9 Å². The number of carboxylic acid groups (broad SMARTS) is 1. The van der Waals surface area contributed by atoms with Gasteiger partial charge in [-0.15, -0.1) is 0 Å². The maximum absolute atomic E-state index is 11.5. The Morgan fingerprint density at radius 3 is 2.54 bits per heavy atom. The molecule has 0 spiro atoms. The van der Waals surface area contributed by atoms with Gasteiger partial charge in [0.05, 0.1) is 0 Å². The van der Waals surface area contributed by atoms with Gasteiger partial charge in [0.25, 0.3) is 0 Å². The molecule has 0 saturated heterocycles. The van der Waals surface area contributed by atoms with Gasteiger partial charge in [0.15, 0.2) is 0 Å². The summed E-state index contributed by atoms with van der Waals surface area (Å²) in [5.41, 5.74) is 0.966. The van der Waals surface area contributed by atoms with E-state index in [1.165, 1.54) is 4.90 Å². The molecule has 0 radical (unpaired) electrons. The first-order chi connectivity index (χ1) is 11.3. The smallest absolute Gasteiger partial charge is 0.407 e. The van der Waals surface area contributed by atoms with Gasteiger partial charge in [0, 0.05) is 29.1 Å². The number of carbonyl (C=O) groups is 2. The number of halogens is 1. The first-order valence-electron chi connectivity index (χ1n) is 8.02. The third kappa shape index (κ3) is 7.14. The number of amides is 1. The highest BCUT2D eigenvalue weighted by molar-refractivity contribution is 8.00. The molecule has 1 unspecified atom stereocenters. The molecule has 1 amide bonds. The Hall–Kier alpha value is -1.20. The maximum atomic E-state index is 11.5. The lowest BCUT2D eigenvalue weighted by molar-refractivity contribution is -0.105. The van der Waals surface area contributed by atoms with E-state index < -0.39 is 6.09 Å². The van der Waals surface area contributed by atoms with Gasteiger partial charge in [-0.3, -0.25) is 0 Å². The van der Waals surface area contributed by atoms with Gasteiger partial charge in [0.1, 0.15) is 6.29 Å². The summed E-state index contributed by atoms with van der Waals surface area (Å²) in [7, 11) is 0. The normalized spacial score (nSPS) is 12.7. The molecule has 4 nitrogen and oxygen atoms in total. The number of carbonyl (C=O) groups excluding carboxylic acids is 1. The van der Waals surface area contributed by atoms with Crippen molar-refractivity contribution < 1.29 is 14.7 Å². The summed E-state index contributed by atoms with van der Waals surface area (Å²) < 4.78 is 0. The molecule has 24 heavy (non-hydrogen) atoms. The molecule has 0 bridgehead atoms. The summed E-state index contributed by atoms with van der Waals surface area (Å²) in [6.45, 7) is 7.21. The van der Waals surface area contributed by atoms with Crippen LogP contribution in [0.1, 0.15) is 32.8 Å². The molecule has 1 atom stereocenters. The first-order valence-corrected chi connectivity index (χ1v) is 9.45. The molecule has 0 aromatic heterocycles. The lowest BCUT2D eigenvalue weighted by Crippen LogP contribution is -2.36.